The van der Waals surface area contributed by atoms with E-state index in [0.717, 1.165) is 10.9 Å². The Bertz CT molecular complexity index is 866. The van der Waals surface area contributed by atoms with Crippen molar-refractivity contribution in [2.75, 3.05) is 11.9 Å². The molecule has 0 aliphatic rings. The molecule has 0 aliphatic carbocycles. The Hall–Kier alpha value is -2.37. The maximum atomic E-state index is 12.0. The molecule has 1 aromatic heterocycles. The van der Waals surface area contributed by atoms with Crippen LogP contribution in [0.4, 0.5) is 5.69 Å². The molecule has 7 heteroatoms. The van der Waals surface area contributed by atoms with Gasteiger partial charge in [0.1, 0.15) is 6.33 Å². The van der Waals surface area contributed by atoms with Gasteiger partial charge < -0.3 is 10.1 Å². The van der Waals surface area contributed by atoms with Gasteiger partial charge in [0.05, 0.1) is 21.6 Å². The SMILES string of the molecule is O=C(COc1ncnc2ccccc12)Nc1ccc(Cl)cc1Cl. The maximum absolute atomic E-state index is 12.0. The van der Waals surface area contributed by atoms with Gasteiger partial charge in [-0.15, -0.1) is 0 Å². The Morgan fingerprint density at radius 2 is 1.96 bits per heavy atom. The van der Waals surface area contributed by atoms with E-state index < -0.39 is 0 Å². The molecule has 3 aromatic rings. The lowest BCUT2D eigenvalue weighted by atomic mass is 10.2. The average molecular weight is 348 g/mol. The monoisotopic (exact) mass is 347 g/mol. The van der Waals surface area contributed by atoms with Crippen molar-refractivity contribution in [3.05, 3.63) is 58.8 Å². The molecular formula is C16H11Cl2N3O2. The van der Waals surface area contributed by atoms with Gasteiger partial charge in [0.15, 0.2) is 6.61 Å². The number of nitrogens with zero attached hydrogens (tertiary/aromatic N) is 2. The van der Waals surface area contributed by atoms with Crippen LogP contribution in [0.1, 0.15) is 0 Å². The minimum atomic E-state index is -0.350. The van der Waals surface area contributed by atoms with Crippen LogP contribution in [0.25, 0.3) is 10.9 Å². The molecule has 0 saturated carbocycles. The lowest BCUT2D eigenvalue weighted by Crippen LogP contribution is -2.20. The number of rotatable bonds is 4. The molecular weight excluding hydrogens is 337 g/mol. The second-order valence-electron chi connectivity index (χ2n) is 4.66. The summed E-state index contributed by atoms with van der Waals surface area (Å²) in [5.74, 6) is 0.00451. The van der Waals surface area contributed by atoms with E-state index in [1.807, 2.05) is 24.3 Å². The van der Waals surface area contributed by atoms with Gasteiger partial charge in [0.25, 0.3) is 5.91 Å². The second-order valence-corrected chi connectivity index (χ2v) is 5.50. The first-order valence-electron chi connectivity index (χ1n) is 6.71. The summed E-state index contributed by atoms with van der Waals surface area (Å²) in [6, 6.07) is 12.2. The Balaban J connectivity index is 1.69. The Kier molecular flexibility index (Phi) is 4.60. The lowest BCUT2D eigenvalue weighted by molar-refractivity contribution is -0.118. The van der Waals surface area contributed by atoms with Gasteiger partial charge in [-0.3, -0.25) is 4.79 Å². The van der Waals surface area contributed by atoms with E-state index in [2.05, 4.69) is 15.3 Å². The number of carbonyl (C=O) groups excluding carboxylic acids is 1. The number of aromatic nitrogens is 2. The molecule has 1 amide bonds. The van der Waals surface area contributed by atoms with Gasteiger partial charge in [0.2, 0.25) is 5.88 Å². The first-order chi connectivity index (χ1) is 11.1. The van der Waals surface area contributed by atoms with Crippen molar-refractivity contribution in [3.63, 3.8) is 0 Å². The Morgan fingerprint density at radius 1 is 1.13 bits per heavy atom. The minimum absolute atomic E-state index is 0.194. The van der Waals surface area contributed by atoms with Crippen LogP contribution in [0.2, 0.25) is 10.0 Å². The van der Waals surface area contributed by atoms with Crippen LogP contribution in [0.15, 0.2) is 48.8 Å². The van der Waals surface area contributed by atoms with E-state index in [9.17, 15) is 4.79 Å². The van der Waals surface area contributed by atoms with Crippen LogP contribution in [0.5, 0.6) is 5.88 Å². The van der Waals surface area contributed by atoms with Crippen LogP contribution in [0.3, 0.4) is 0 Å². The molecule has 0 fully saturated rings. The smallest absolute Gasteiger partial charge is 0.262 e. The predicted molar refractivity (Wildman–Crippen MR) is 90.1 cm³/mol. The first kappa shape index (κ1) is 15.5. The number of amides is 1. The van der Waals surface area contributed by atoms with Crippen molar-refractivity contribution < 1.29 is 9.53 Å². The standard InChI is InChI=1S/C16H11Cl2N3O2/c17-10-5-6-14(12(18)7-10)21-15(22)8-23-16-11-3-1-2-4-13(11)19-9-20-16/h1-7,9H,8H2,(H,21,22). The number of ether oxygens (including phenoxy) is 1. The molecule has 116 valence electrons. The largest absolute Gasteiger partial charge is 0.467 e. The number of nitrogens with one attached hydrogen (secondary N) is 1. The fourth-order valence-electron chi connectivity index (χ4n) is 2.01. The molecule has 1 heterocycles. The normalized spacial score (nSPS) is 10.5. The van der Waals surface area contributed by atoms with E-state index in [4.69, 9.17) is 27.9 Å². The third-order valence-electron chi connectivity index (χ3n) is 3.05. The molecule has 5 nitrogen and oxygen atoms in total. The zero-order valence-corrected chi connectivity index (χ0v) is 13.3. The third kappa shape index (κ3) is 3.70. The first-order valence-corrected chi connectivity index (χ1v) is 7.46. The van der Waals surface area contributed by atoms with Crippen molar-refractivity contribution in [2.45, 2.75) is 0 Å². The van der Waals surface area contributed by atoms with Gasteiger partial charge in [-0.2, -0.15) is 0 Å². The fourth-order valence-corrected chi connectivity index (χ4v) is 2.46. The van der Waals surface area contributed by atoms with E-state index in [1.165, 1.54) is 6.33 Å². The number of hydrogen-bond donors (Lipinski definition) is 1. The third-order valence-corrected chi connectivity index (χ3v) is 3.60. The van der Waals surface area contributed by atoms with Crippen LogP contribution < -0.4 is 10.1 Å². The number of benzene rings is 2. The molecule has 0 unspecified atom stereocenters. The summed E-state index contributed by atoms with van der Waals surface area (Å²) in [7, 11) is 0. The van der Waals surface area contributed by atoms with Gasteiger partial charge in [-0.05, 0) is 30.3 Å². The summed E-state index contributed by atoms with van der Waals surface area (Å²) in [4.78, 5) is 20.2. The highest BCUT2D eigenvalue weighted by atomic mass is 35.5. The zero-order chi connectivity index (χ0) is 16.2. The zero-order valence-electron chi connectivity index (χ0n) is 11.8. The number of fused-ring (bicyclic) bond motifs is 1. The van der Waals surface area contributed by atoms with E-state index in [-0.39, 0.29) is 12.5 Å². The van der Waals surface area contributed by atoms with Gasteiger partial charge in [-0.1, -0.05) is 35.3 Å². The second kappa shape index (κ2) is 6.81. The van der Waals surface area contributed by atoms with Gasteiger partial charge in [-0.25, -0.2) is 9.97 Å². The average Bonchev–Trinajstić information content (AvgIpc) is 2.55. The number of halogens is 2. The van der Waals surface area contributed by atoms with E-state index in [1.54, 1.807) is 18.2 Å². The molecule has 0 bridgehead atoms. The number of hydrogen-bond acceptors (Lipinski definition) is 4. The lowest BCUT2D eigenvalue weighted by Gasteiger charge is -2.09. The van der Waals surface area contributed by atoms with Crippen molar-refractivity contribution in [1.29, 1.82) is 0 Å². The van der Waals surface area contributed by atoms with Crippen molar-refractivity contribution >= 4 is 45.7 Å². The Morgan fingerprint density at radius 3 is 2.78 bits per heavy atom. The van der Waals surface area contributed by atoms with Crippen LogP contribution >= 0.6 is 23.2 Å². The number of carbonyl (C=O) groups is 1. The predicted octanol–water partition coefficient (Wildman–Crippen LogP) is 3.95. The highest BCUT2D eigenvalue weighted by molar-refractivity contribution is 6.36. The molecule has 2 aromatic carbocycles. The molecule has 0 saturated heterocycles. The van der Waals surface area contributed by atoms with Crippen LogP contribution in [0, 0.1) is 0 Å². The van der Waals surface area contributed by atoms with Crippen LogP contribution in [-0.2, 0) is 4.79 Å². The molecule has 0 aliphatic heterocycles. The molecule has 0 radical (unpaired) electrons. The van der Waals surface area contributed by atoms with Gasteiger partial charge in [0, 0.05) is 5.02 Å². The topological polar surface area (TPSA) is 64.1 Å². The highest BCUT2D eigenvalue weighted by Gasteiger charge is 2.09. The van der Waals surface area contributed by atoms with Crippen molar-refractivity contribution in [3.8, 4) is 5.88 Å². The summed E-state index contributed by atoms with van der Waals surface area (Å²) in [6.45, 7) is -0.194. The van der Waals surface area contributed by atoms with E-state index in [0.29, 0.717) is 21.6 Å². The summed E-state index contributed by atoms with van der Waals surface area (Å²) in [6.07, 6.45) is 1.39. The molecule has 3 rings (SSSR count). The number of para-hydroxylation sites is 1. The minimum Gasteiger partial charge on any atom is -0.467 e. The molecule has 0 atom stereocenters. The summed E-state index contributed by atoms with van der Waals surface area (Å²) < 4.78 is 5.48. The Labute approximate surface area is 142 Å². The van der Waals surface area contributed by atoms with Gasteiger partial charge >= 0.3 is 0 Å². The number of anilines is 1. The summed E-state index contributed by atoms with van der Waals surface area (Å²) in [5.41, 5.74) is 1.22. The molecule has 23 heavy (non-hydrogen) atoms. The van der Waals surface area contributed by atoms with E-state index >= 15 is 0 Å². The quantitative estimate of drug-likeness (QED) is 0.775. The van der Waals surface area contributed by atoms with Crippen LogP contribution in [-0.4, -0.2) is 22.5 Å². The summed E-state index contributed by atoms with van der Waals surface area (Å²) in [5, 5.41) is 4.26. The fraction of sp³-hybridized carbons (Fsp3) is 0.0625. The highest BCUT2D eigenvalue weighted by Crippen LogP contribution is 2.25. The maximum Gasteiger partial charge on any atom is 0.262 e. The molecule has 1 N–H and O–H groups in total. The van der Waals surface area contributed by atoms with Crippen molar-refractivity contribution in [2.24, 2.45) is 0 Å². The molecule has 0 spiro atoms. The summed E-state index contributed by atoms with van der Waals surface area (Å²) >= 11 is 11.8. The van der Waals surface area contributed by atoms with Crippen molar-refractivity contribution in [1.82, 2.24) is 9.97 Å².